The summed E-state index contributed by atoms with van der Waals surface area (Å²) in [6.45, 7) is 2.14. The Balaban J connectivity index is 2.50. The van der Waals surface area contributed by atoms with Gasteiger partial charge in [0.25, 0.3) is 0 Å². The zero-order valence-corrected chi connectivity index (χ0v) is 9.35. The fourth-order valence-corrected chi connectivity index (χ4v) is 1.75. The SMILES string of the molecule is Cc1ccccc1-c1ccc(P)cc1. The van der Waals surface area contributed by atoms with Crippen LogP contribution in [0.2, 0.25) is 0 Å². The molecule has 0 aliphatic heterocycles. The van der Waals surface area contributed by atoms with Crippen molar-refractivity contribution in [1.29, 1.82) is 0 Å². The summed E-state index contributed by atoms with van der Waals surface area (Å²) in [5.74, 6) is 0. The van der Waals surface area contributed by atoms with Crippen LogP contribution < -0.4 is 5.30 Å². The van der Waals surface area contributed by atoms with Gasteiger partial charge in [-0.15, -0.1) is 9.24 Å². The molecule has 70 valence electrons. The van der Waals surface area contributed by atoms with E-state index in [0.29, 0.717) is 0 Å². The van der Waals surface area contributed by atoms with Crippen molar-refractivity contribution in [2.75, 3.05) is 0 Å². The average molecular weight is 200 g/mol. The predicted octanol–water partition coefficient (Wildman–Crippen LogP) is 3.16. The van der Waals surface area contributed by atoms with E-state index in [1.165, 1.54) is 22.0 Å². The first kappa shape index (κ1) is 9.43. The van der Waals surface area contributed by atoms with E-state index in [1.807, 2.05) is 0 Å². The predicted molar refractivity (Wildman–Crippen MR) is 66.0 cm³/mol. The van der Waals surface area contributed by atoms with Gasteiger partial charge in [0.2, 0.25) is 0 Å². The maximum absolute atomic E-state index is 2.70. The Hall–Kier alpha value is -1.13. The quantitative estimate of drug-likeness (QED) is 0.620. The lowest BCUT2D eigenvalue weighted by atomic mass is 10.0. The van der Waals surface area contributed by atoms with Crippen molar-refractivity contribution in [2.45, 2.75) is 6.92 Å². The van der Waals surface area contributed by atoms with Crippen LogP contribution in [0.25, 0.3) is 11.1 Å². The van der Waals surface area contributed by atoms with E-state index in [2.05, 4.69) is 64.7 Å². The van der Waals surface area contributed by atoms with E-state index < -0.39 is 0 Å². The molecule has 1 unspecified atom stereocenters. The van der Waals surface area contributed by atoms with Crippen LogP contribution in [-0.2, 0) is 0 Å². The van der Waals surface area contributed by atoms with Gasteiger partial charge in [0.1, 0.15) is 0 Å². The molecular formula is C13H13P. The van der Waals surface area contributed by atoms with Gasteiger partial charge in [0.15, 0.2) is 0 Å². The molecule has 0 saturated carbocycles. The molecule has 0 heterocycles. The first-order valence-corrected chi connectivity index (χ1v) is 5.26. The molecule has 0 spiro atoms. The maximum atomic E-state index is 2.70. The van der Waals surface area contributed by atoms with Gasteiger partial charge >= 0.3 is 0 Å². The highest BCUT2D eigenvalue weighted by Gasteiger charge is 1.99. The van der Waals surface area contributed by atoms with Gasteiger partial charge in [-0.2, -0.15) is 0 Å². The summed E-state index contributed by atoms with van der Waals surface area (Å²) in [5, 5.41) is 1.22. The van der Waals surface area contributed by atoms with E-state index in [1.54, 1.807) is 0 Å². The maximum Gasteiger partial charge on any atom is -0.0155 e. The van der Waals surface area contributed by atoms with E-state index >= 15 is 0 Å². The normalized spacial score (nSPS) is 10.1. The van der Waals surface area contributed by atoms with E-state index in [-0.39, 0.29) is 0 Å². The largest absolute Gasteiger partial charge is 0.106 e. The fourth-order valence-electron chi connectivity index (χ4n) is 1.56. The molecule has 0 nitrogen and oxygen atoms in total. The van der Waals surface area contributed by atoms with Crippen molar-refractivity contribution in [1.82, 2.24) is 0 Å². The number of benzene rings is 2. The lowest BCUT2D eigenvalue weighted by Crippen LogP contribution is -1.89. The molecule has 0 fully saturated rings. The van der Waals surface area contributed by atoms with Crippen LogP contribution in [0.4, 0.5) is 0 Å². The summed E-state index contributed by atoms with van der Waals surface area (Å²) in [7, 11) is 2.70. The highest BCUT2D eigenvalue weighted by molar-refractivity contribution is 7.27. The van der Waals surface area contributed by atoms with Crippen LogP contribution in [0.15, 0.2) is 48.5 Å². The van der Waals surface area contributed by atoms with Crippen LogP contribution in [0.1, 0.15) is 5.56 Å². The molecule has 0 N–H and O–H groups in total. The standard InChI is InChI=1S/C13H13P/c1-10-4-2-3-5-13(10)11-6-8-12(14)9-7-11/h2-9H,14H2,1H3. The molecule has 0 aliphatic carbocycles. The zero-order valence-electron chi connectivity index (χ0n) is 8.20. The molecule has 0 amide bonds. The van der Waals surface area contributed by atoms with Gasteiger partial charge < -0.3 is 0 Å². The molecule has 0 bridgehead atoms. The minimum atomic E-state index is 1.22. The molecule has 0 aromatic heterocycles. The lowest BCUT2D eigenvalue weighted by Gasteiger charge is -2.05. The monoisotopic (exact) mass is 200 g/mol. The Labute approximate surface area is 87.2 Å². The smallest absolute Gasteiger partial charge is 0.0155 e. The summed E-state index contributed by atoms with van der Waals surface area (Å²) < 4.78 is 0. The minimum Gasteiger partial charge on any atom is -0.106 e. The highest BCUT2D eigenvalue weighted by Crippen LogP contribution is 2.21. The molecule has 2 aromatic carbocycles. The molecule has 0 saturated heterocycles. The van der Waals surface area contributed by atoms with E-state index in [9.17, 15) is 0 Å². The number of hydrogen-bond acceptors (Lipinski definition) is 0. The molecule has 2 rings (SSSR count). The van der Waals surface area contributed by atoms with Gasteiger partial charge in [-0.05, 0) is 28.9 Å². The molecule has 1 atom stereocenters. The Morgan fingerprint density at radius 3 is 2.14 bits per heavy atom. The summed E-state index contributed by atoms with van der Waals surface area (Å²) in [5.41, 5.74) is 3.93. The number of aryl methyl sites for hydroxylation is 1. The Kier molecular flexibility index (Phi) is 2.65. The van der Waals surface area contributed by atoms with Crippen molar-refractivity contribution in [3.63, 3.8) is 0 Å². The summed E-state index contributed by atoms with van der Waals surface area (Å²) in [4.78, 5) is 0. The second-order valence-corrected chi connectivity index (χ2v) is 4.10. The highest BCUT2D eigenvalue weighted by atomic mass is 31.0. The van der Waals surface area contributed by atoms with Gasteiger partial charge in [-0.3, -0.25) is 0 Å². The van der Waals surface area contributed by atoms with Gasteiger partial charge in [0, 0.05) is 0 Å². The minimum absolute atomic E-state index is 1.22. The van der Waals surface area contributed by atoms with Gasteiger partial charge in [-0.25, -0.2) is 0 Å². The summed E-state index contributed by atoms with van der Waals surface area (Å²) in [6.07, 6.45) is 0. The third-order valence-electron chi connectivity index (χ3n) is 2.37. The van der Waals surface area contributed by atoms with E-state index in [4.69, 9.17) is 0 Å². The molecule has 14 heavy (non-hydrogen) atoms. The molecular weight excluding hydrogens is 187 g/mol. The molecule has 2 aromatic rings. The first-order chi connectivity index (χ1) is 6.77. The van der Waals surface area contributed by atoms with Gasteiger partial charge in [0.05, 0.1) is 0 Å². The topological polar surface area (TPSA) is 0 Å². The fraction of sp³-hybridized carbons (Fsp3) is 0.0769. The van der Waals surface area contributed by atoms with Crippen molar-refractivity contribution >= 4 is 14.5 Å². The second kappa shape index (κ2) is 3.94. The molecule has 0 aliphatic rings. The molecule has 1 heteroatoms. The second-order valence-electron chi connectivity index (χ2n) is 3.44. The Bertz CT molecular complexity index is 429. The number of hydrogen-bond donors (Lipinski definition) is 0. The zero-order chi connectivity index (χ0) is 9.97. The van der Waals surface area contributed by atoms with Crippen LogP contribution in [0.3, 0.4) is 0 Å². The third-order valence-corrected chi connectivity index (χ3v) is 2.75. The van der Waals surface area contributed by atoms with Crippen molar-refractivity contribution in [3.8, 4) is 11.1 Å². The van der Waals surface area contributed by atoms with Crippen molar-refractivity contribution in [2.24, 2.45) is 0 Å². The average Bonchev–Trinajstić information content (AvgIpc) is 2.20. The molecule has 0 radical (unpaired) electrons. The lowest BCUT2D eigenvalue weighted by molar-refractivity contribution is 1.46. The van der Waals surface area contributed by atoms with Crippen molar-refractivity contribution < 1.29 is 0 Å². The van der Waals surface area contributed by atoms with Crippen molar-refractivity contribution in [3.05, 3.63) is 54.1 Å². The van der Waals surface area contributed by atoms with Crippen LogP contribution in [-0.4, -0.2) is 0 Å². The third kappa shape index (κ3) is 1.86. The summed E-state index contributed by atoms with van der Waals surface area (Å²) >= 11 is 0. The van der Waals surface area contributed by atoms with E-state index in [0.717, 1.165) is 0 Å². The van der Waals surface area contributed by atoms with Crippen LogP contribution in [0.5, 0.6) is 0 Å². The number of rotatable bonds is 1. The van der Waals surface area contributed by atoms with Crippen LogP contribution >= 0.6 is 9.24 Å². The van der Waals surface area contributed by atoms with Crippen LogP contribution in [0, 0.1) is 6.92 Å². The Morgan fingerprint density at radius 2 is 1.50 bits per heavy atom. The first-order valence-electron chi connectivity index (χ1n) is 4.69. The summed E-state index contributed by atoms with van der Waals surface area (Å²) in [6, 6.07) is 17.0. The van der Waals surface area contributed by atoms with Gasteiger partial charge in [-0.1, -0.05) is 48.5 Å². The Morgan fingerprint density at radius 1 is 0.857 bits per heavy atom.